The summed E-state index contributed by atoms with van der Waals surface area (Å²) in [6.07, 6.45) is 11.1. The Morgan fingerprint density at radius 1 is 1.06 bits per heavy atom. The van der Waals surface area contributed by atoms with E-state index in [-0.39, 0.29) is 6.03 Å². The molecule has 2 amide bonds. The Balaban J connectivity index is 1.34. The molecule has 2 aliphatic carbocycles. The number of para-hydroxylation sites is 2. The van der Waals surface area contributed by atoms with Crippen LogP contribution in [0.15, 0.2) is 83.9 Å². The normalized spacial score (nSPS) is 15.2. The van der Waals surface area contributed by atoms with Crippen LogP contribution in [0.5, 0.6) is 11.6 Å². The van der Waals surface area contributed by atoms with Gasteiger partial charge < -0.3 is 15.4 Å². The van der Waals surface area contributed by atoms with Gasteiger partial charge in [-0.05, 0) is 74.1 Å². The Kier molecular flexibility index (Phi) is 6.23. The molecule has 2 aromatic carbocycles. The van der Waals surface area contributed by atoms with Crippen LogP contribution in [0.3, 0.4) is 0 Å². The summed E-state index contributed by atoms with van der Waals surface area (Å²) in [6, 6.07) is 16.8. The number of nitrogens with zero attached hydrogens (tertiary/aromatic N) is 2. The standard InChI is InChI=1S/C27H25ClN4O2/c1-18-17-26(32(31-18)24-9-4-2-3-7-22(24)28)34-25-10-6-5-8-23(25)30-27(33)29-21-15-13-20(14-16-21)19-11-12-19/h3-10,13-17,19H,2,11-12H2,1H3,(H2,29,30,33). The molecule has 1 aromatic heterocycles. The fraction of sp³-hybridized carbons (Fsp3) is 0.185. The number of aromatic nitrogens is 2. The van der Waals surface area contributed by atoms with Crippen molar-refractivity contribution in [3.63, 3.8) is 0 Å². The number of hydrogen-bond acceptors (Lipinski definition) is 3. The van der Waals surface area contributed by atoms with Crippen LogP contribution in [-0.2, 0) is 0 Å². The third-order valence-electron chi connectivity index (χ3n) is 5.65. The molecule has 0 unspecified atom stereocenters. The lowest BCUT2D eigenvalue weighted by atomic mass is 10.1. The number of allylic oxidation sites excluding steroid dienone is 6. The third kappa shape index (κ3) is 5.07. The zero-order valence-corrected chi connectivity index (χ0v) is 19.5. The van der Waals surface area contributed by atoms with Crippen LogP contribution in [0.25, 0.3) is 5.70 Å². The molecule has 1 heterocycles. The summed E-state index contributed by atoms with van der Waals surface area (Å²) in [7, 11) is 0. The molecule has 3 aromatic rings. The number of amides is 2. The van der Waals surface area contributed by atoms with Gasteiger partial charge in [0.1, 0.15) is 0 Å². The largest absolute Gasteiger partial charge is 0.437 e. The molecular weight excluding hydrogens is 448 g/mol. The number of hydrogen-bond donors (Lipinski definition) is 2. The Bertz CT molecular complexity index is 1300. The minimum atomic E-state index is -0.345. The fourth-order valence-corrected chi connectivity index (χ4v) is 4.03. The average molecular weight is 473 g/mol. The summed E-state index contributed by atoms with van der Waals surface area (Å²) in [5, 5.41) is 10.9. The van der Waals surface area contributed by atoms with E-state index in [2.05, 4.69) is 27.9 Å². The van der Waals surface area contributed by atoms with Gasteiger partial charge in [0.25, 0.3) is 0 Å². The van der Waals surface area contributed by atoms with Crippen molar-refractivity contribution in [2.75, 3.05) is 10.6 Å². The van der Waals surface area contributed by atoms with Gasteiger partial charge in [-0.2, -0.15) is 9.78 Å². The van der Waals surface area contributed by atoms with Gasteiger partial charge in [-0.25, -0.2) is 4.79 Å². The Hall–Kier alpha value is -3.77. The van der Waals surface area contributed by atoms with Gasteiger partial charge in [-0.1, -0.05) is 48.0 Å². The molecule has 1 fully saturated rings. The van der Waals surface area contributed by atoms with E-state index in [1.54, 1.807) is 16.8 Å². The van der Waals surface area contributed by atoms with Crippen molar-refractivity contribution in [2.45, 2.75) is 32.1 Å². The van der Waals surface area contributed by atoms with E-state index in [9.17, 15) is 4.79 Å². The number of anilines is 2. The van der Waals surface area contributed by atoms with Crippen LogP contribution < -0.4 is 15.4 Å². The Morgan fingerprint density at radius 2 is 1.82 bits per heavy atom. The summed E-state index contributed by atoms with van der Waals surface area (Å²) < 4.78 is 7.88. The highest BCUT2D eigenvalue weighted by atomic mass is 35.5. The van der Waals surface area contributed by atoms with Crippen LogP contribution in [0.1, 0.15) is 36.4 Å². The molecule has 6 nitrogen and oxygen atoms in total. The minimum Gasteiger partial charge on any atom is -0.437 e. The van der Waals surface area contributed by atoms with Crippen molar-refractivity contribution < 1.29 is 9.53 Å². The van der Waals surface area contributed by atoms with E-state index in [1.165, 1.54) is 18.4 Å². The van der Waals surface area contributed by atoms with E-state index >= 15 is 0 Å². The number of carbonyl (C=O) groups is 1. The molecule has 1 saturated carbocycles. The van der Waals surface area contributed by atoms with Crippen LogP contribution in [-0.4, -0.2) is 15.8 Å². The highest BCUT2D eigenvalue weighted by Crippen LogP contribution is 2.40. The first-order valence-corrected chi connectivity index (χ1v) is 11.7. The lowest BCUT2D eigenvalue weighted by molar-refractivity contribution is 0.262. The zero-order chi connectivity index (χ0) is 23.5. The van der Waals surface area contributed by atoms with E-state index in [0.717, 1.165) is 23.5 Å². The molecule has 2 aliphatic rings. The van der Waals surface area contributed by atoms with Crippen molar-refractivity contribution in [3.05, 3.63) is 95.2 Å². The van der Waals surface area contributed by atoms with Gasteiger partial charge in [0.15, 0.2) is 5.75 Å². The SMILES string of the molecule is Cc1cc(Oc2ccccc2NC(=O)Nc2ccc(C3CC3)cc2)n(C2=C(Cl)C=CCC=C2)n1. The Labute approximate surface area is 203 Å². The van der Waals surface area contributed by atoms with Crippen molar-refractivity contribution in [3.8, 4) is 11.6 Å². The van der Waals surface area contributed by atoms with Gasteiger partial charge in [-0.15, -0.1) is 0 Å². The molecule has 34 heavy (non-hydrogen) atoms. The average Bonchev–Trinajstić information content (AvgIpc) is 3.63. The van der Waals surface area contributed by atoms with Crippen molar-refractivity contribution >= 4 is 34.7 Å². The maximum absolute atomic E-state index is 12.7. The molecule has 172 valence electrons. The second-order valence-corrected chi connectivity index (χ2v) is 8.79. The van der Waals surface area contributed by atoms with Crippen molar-refractivity contribution in [2.24, 2.45) is 0 Å². The monoisotopic (exact) mass is 472 g/mol. The predicted octanol–water partition coefficient (Wildman–Crippen LogP) is 7.43. The first-order chi connectivity index (χ1) is 16.6. The second kappa shape index (κ2) is 9.61. The molecule has 0 saturated heterocycles. The van der Waals surface area contributed by atoms with Crippen LogP contribution in [0, 0.1) is 6.92 Å². The van der Waals surface area contributed by atoms with Crippen molar-refractivity contribution in [1.82, 2.24) is 9.78 Å². The topological polar surface area (TPSA) is 68.2 Å². The predicted molar refractivity (Wildman–Crippen MR) is 137 cm³/mol. The molecule has 0 aliphatic heterocycles. The van der Waals surface area contributed by atoms with Crippen LogP contribution in [0.4, 0.5) is 16.2 Å². The number of urea groups is 1. The number of carbonyl (C=O) groups excluding carboxylic acids is 1. The molecular formula is C27H25ClN4O2. The first kappa shape index (κ1) is 22.0. The molecule has 0 bridgehead atoms. The molecule has 0 atom stereocenters. The number of rotatable bonds is 6. The molecule has 7 heteroatoms. The van der Waals surface area contributed by atoms with E-state index < -0.39 is 0 Å². The highest BCUT2D eigenvalue weighted by Gasteiger charge is 2.23. The summed E-state index contributed by atoms with van der Waals surface area (Å²) in [4.78, 5) is 12.7. The summed E-state index contributed by atoms with van der Waals surface area (Å²) in [6.45, 7) is 1.89. The van der Waals surface area contributed by atoms with Gasteiger partial charge >= 0.3 is 6.03 Å². The highest BCUT2D eigenvalue weighted by molar-refractivity contribution is 6.34. The minimum absolute atomic E-state index is 0.345. The van der Waals surface area contributed by atoms with E-state index in [1.807, 2.05) is 61.6 Å². The quantitative estimate of drug-likeness (QED) is 0.392. The van der Waals surface area contributed by atoms with Gasteiger partial charge in [0, 0.05) is 11.8 Å². The van der Waals surface area contributed by atoms with Gasteiger partial charge in [-0.3, -0.25) is 0 Å². The summed E-state index contributed by atoms with van der Waals surface area (Å²) in [5.74, 6) is 1.67. The van der Waals surface area contributed by atoms with Crippen molar-refractivity contribution in [1.29, 1.82) is 0 Å². The maximum Gasteiger partial charge on any atom is 0.323 e. The second-order valence-electron chi connectivity index (χ2n) is 8.38. The molecule has 2 N–H and O–H groups in total. The van der Waals surface area contributed by atoms with Gasteiger partial charge in [0.2, 0.25) is 5.88 Å². The maximum atomic E-state index is 12.7. The lowest BCUT2D eigenvalue weighted by Crippen LogP contribution is -2.19. The van der Waals surface area contributed by atoms with Crippen LogP contribution >= 0.6 is 11.6 Å². The molecule has 0 radical (unpaired) electrons. The number of aryl methyl sites for hydroxylation is 1. The fourth-order valence-electron chi connectivity index (χ4n) is 3.80. The zero-order valence-electron chi connectivity index (χ0n) is 18.8. The Morgan fingerprint density at radius 3 is 2.62 bits per heavy atom. The van der Waals surface area contributed by atoms with Crippen LogP contribution in [0.2, 0.25) is 0 Å². The molecule has 5 rings (SSSR count). The lowest BCUT2D eigenvalue weighted by Gasteiger charge is -2.14. The first-order valence-electron chi connectivity index (χ1n) is 11.3. The summed E-state index contributed by atoms with van der Waals surface area (Å²) >= 11 is 6.47. The van der Waals surface area contributed by atoms with E-state index in [0.29, 0.717) is 28.3 Å². The summed E-state index contributed by atoms with van der Waals surface area (Å²) in [5.41, 5.74) is 4.11. The number of ether oxygens (including phenoxy) is 1. The van der Waals surface area contributed by atoms with E-state index in [4.69, 9.17) is 16.3 Å². The smallest absolute Gasteiger partial charge is 0.323 e. The molecule has 0 spiro atoms. The number of nitrogens with one attached hydrogen (secondary N) is 2. The number of benzene rings is 2. The third-order valence-corrected chi connectivity index (χ3v) is 5.97. The van der Waals surface area contributed by atoms with Gasteiger partial charge in [0.05, 0.1) is 22.1 Å². The number of halogens is 1.